The summed E-state index contributed by atoms with van der Waals surface area (Å²) in [6, 6.07) is 12.5. The Labute approximate surface area is 129 Å². The van der Waals surface area contributed by atoms with Gasteiger partial charge in [0.25, 0.3) is 0 Å². The Kier molecular flexibility index (Phi) is 5.28. The van der Waals surface area contributed by atoms with Crippen LogP contribution in [0.3, 0.4) is 0 Å². The molecule has 0 spiro atoms. The molecule has 3 nitrogen and oxygen atoms in total. The summed E-state index contributed by atoms with van der Waals surface area (Å²) in [7, 11) is 2.27. The lowest BCUT2D eigenvalue weighted by atomic mass is 10.0. The molecular weight excluding hydrogens is 258 g/mol. The zero-order chi connectivity index (χ0) is 14.5. The van der Waals surface area contributed by atoms with Crippen molar-refractivity contribution in [3.8, 4) is 0 Å². The van der Waals surface area contributed by atoms with Gasteiger partial charge in [-0.1, -0.05) is 30.3 Å². The van der Waals surface area contributed by atoms with Crippen LogP contribution in [0, 0.1) is 0 Å². The fourth-order valence-electron chi connectivity index (χ4n) is 3.28. The van der Waals surface area contributed by atoms with E-state index in [1.807, 2.05) is 0 Å². The van der Waals surface area contributed by atoms with E-state index in [9.17, 15) is 0 Å². The summed E-state index contributed by atoms with van der Waals surface area (Å²) < 4.78 is 0. The van der Waals surface area contributed by atoms with Crippen molar-refractivity contribution in [2.24, 2.45) is 0 Å². The molecule has 2 aliphatic rings. The van der Waals surface area contributed by atoms with Crippen molar-refractivity contribution >= 4 is 0 Å². The third-order valence-corrected chi connectivity index (χ3v) is 4.90. The van der Waals surface area contributed by atoms with E-state index in [0.717, 1.165) is 25.2 Å². The second kappa shape index (κ2) is 7.39. The zero-order valence-electron chi connectivity index (χ0n) is 13.3. The molecule has 3 heteroatoms. The zero-order valence-corrected chi connectivity index (χ0v) is 13.3. The van der Waals surface area contributed by atoms with Gasteiger partial charge in [-0.15, -0.1) is 0 Å². The first-order valence-electron chi connectivity index (χ1n) is 8.51. The van der Waals surface area contributed by atoms with Gasteiger partial charge < -0.3 is 10.2 Å². The molecule has 0 atom stereocenters. The molecule has 0 amide bonds. The molecule has 2 fully saturated rings. The molecule has 3 rings (SSSR count). The van der Waals surface area contributed by atoms with Gasteiger partial charge in [-0.25, -0.2) is 0 Å². The van der Waals surface area contributed by atoms with Crippen molar-refractivity contribution < 1.29 is 0 Å². The maximum Gasteiger partial charge on any atom is 0.0233 e. The van der Waals surface area contributed by atoms with Gasteiger partial charge in [-0.3, -0.25) is 4.90 Å². The minimum atomic E-state index is 0.727. The molecule has 0 bridgehead atoms. The third kappa shape index (κ3) is 4.80. The summed E-state index contributed by atoms with van der Waals surface area (Å²) in [5.74, 6) is 0. The Hall–Kier alpha value is -0.900. The van der Waals surface area contributed by atoms with Crippen LogP contribution in [0.2, 0.25) is 0 Å². The van der Waals surface area contributed by atoms with Gasteiger partial charge in [0.1, 0.15) is 0 Å². The Morgan fingerprint density at radius 3 is 2.48 bits per heavy atom. The van der Waals surface area contributed by atoms with Crippen molar-refractivity contribution in [3.63, 3.8) is 0 Å². The molecule has 116 valence electrons. The SMILES string of the molecule is CN(CCNC1CCN(Cc2ccccc2)CC1)C1CC1. The number of hydrogen-bond donors (Lipinski definition) is 1. The lowest BCUT2D eigenvalue weighted by Gasteiger charge is -2.32. The summed E-state index contributed by atoms with van der Waals surface area (Å²) >= 11 is 0. The predicted octanol–water partition coefficient (Wildman–Crippen LogP) is 2.33. The summed E-state index contributed by atoms with van der Waals surface area (Å²) in [6.07, 6.45) is 5.41. The van der Waals surface area contributed by atoms with Crippen LogP contribution in [-0.4, -0.2) is 55.1 Å². The highest BCUT2D eigenvalue weighted by Gasteiger charge is 2.25. The van der Waals surface area contributed by atoms with Gasteiger partial charge >= 0.3 is 0 Å². The van der Waals surface area contributed by atoms with Gasteiger partial charge in [0.05, 0.1) is 0 Å². The first-order chi connectivity index (χ1) is 10.3. The molecule has 1 heterocycles. The van der Waals surface area contributed by atoms with Crippen molar-refractivity contribution in [3.05, 3.63) is 35.9 Å². The molecule has 21 heavy (non-hydrogen) atoms. The van der Waals surface area contributed by atoms with Crippen LogP contribution < -0.4 is 5.32 Å². The number of piperidine rings is 1. The van der Waals surface area contributed by atoms with Gasteiger partial charge in [-0.05, 0) is 51.4 Å². The number of nitrogens with zero attached hydrogens (tertiary/aromatic N) is 2. The summed E-state index contributed by atoms with van der Waals surface area (Å²) in [5, 5.41) is 3.75. The van der Waals surface area contributed by atoms with E-state index in [2.05, 4.69) is 52.5 Å². The molecule has 1 saturated carbocycles. The van der Waals surface area contributed by atoms with Crippen LogP contribution in [0.25, 0.3) is 0 Å². The Bertz CT molecular complexity index is 408. The topological polar surface area (TPSA) is 18.5 Å². The van der Waals surface area contributed by atoms with E-state index in [1.165, 1.54) is 50.9 Å². The number of hydrogen-bond acceptors (Lipinski definition) is 3. The maximum absolute atomic E-state index is 3.75. The number of nitrogens with one attached hydrogen (secondary N) is 1. The molecule has 1 aromatic rings. The molecule has 0 aromatic heterocycles. The van der Waals surface area contributed by atoms with Gasteiger partial charge in [0, 0.05) is 31.7 Å². The second-order valence-electron chi connectivity index (χ2n) is 6.70. The predicted molar refractivity (Wildman–Crippen MR) is 88.4 cm³/mol. The van der Waals surface area contributed by atoms with Crippen LogP contribution in [0.5, 0.6) is 0 Å². The molecule has 1 aromatic carbocycles. The van der Waals surface area contributed by atoms with E-state index in [1.54, 1.807) is 0 Å². The lowest BCUT2D eigenvalue weighted by Crippen LogP contribution is -2.44. The van der Waals surface area contributed by atoms with E-state index in [-0.39, 0.29) is 0 Å². The van der Waals surface area contributed by atoms with Crippen LogP contribution in [0.15, 0.2) is 30.3 Å². The first kappa shape index (κ1) is 15.0. The summed E-state index contributed by atoms with van der Waals surface area (Å²) in [5.41, 5.74) is 1.44. The quantitative estimate of drug-likeness (QED) is 0.830. The smallest absolute Gasteiger partial charge is 0.0233 e. The van der Waals surface area contributed by atoms with Gasteiger partial charge in [0.2, 0.25) is 0 Å². The molecule has 1 N–H and O–H groups in total. The van der Waals surface area contributed by atoms with Crippen molar-refractivity contribution in [1.29, 1.82) is 0 Å². The van der Waals surface area contributed by atoms with E-state index in [0.29, 0.717) is 0 Å². The maximum atomic E-state index is 3.75. The number of likely N-dealkylation sites (tertiary alicyclic amines) is 1. The van der Waals surface area contributed by atoms with E-state index in [4.69, 9.17) is 0 Å². The molecule has 0 unspecified atom stereocenters. The molecule has 1 saturated heterocycles. The minimum Gasteiger partial charge on any atom is -0.313 e. The van der Waals surface area contributed by atoms with Crippen LogP contribution >= 0.6 is 0 Å². The highest BCUT2D eigenvalue weighted by atomic mass is 15.2. The molecule has 1 aliphatic carbocycles. The van der Waals surface area contributed by atoms with Crippen LogP contribution in [-0.2, 0) is 6.54 Å². The largest absolute Gasteiger partial charge is 0.313 e. The standard InChI is InChI=1S/C18H29N3/c1-20(18-7-8-18)14-11-19-17-9-12-21(13-10-17)15-16-5-3-2-4-6-16/h2-6,17-19H,7-15H2,1H3. The molecule has 0 radical (unpaired) electrons. The number of likely N-dealkylation sites (N-methyl/N-ethyl adjacent to an activating group) is 1. The Balaban J connectivity index is 1.31. The highest BCUT2D eigenvalue weighted by molar-refractivity contribution is 5.14. The lowest BCUT2D eigenvalue weighted by molar-refractivity contribution is 0.187. The summed E-state index contributed by atoms with van der Waals surface area (Å²) in [4.78, 5) is 5.10. The Morgan fingerprint density at radius 2 is 1.81 bits per heavy atom. The number of benzene rings is 1. The molecule has 1 aliphatic heterocycles. The third-order valence-electron chi connectivity index (χ3n) is 4.90. The average molecular weight is 287 g/mol. The van der Waals surface area contributed by atoms with Crippen LogP contribution in [0.1, 0.15) is 31.2 Å². The van der Waals surface area contributed by atoms with E-state index < -0.39 is 0 Å². The summed E-state index contributed by atoms with van der Waals surface area (Å²) in [6.45, 7) is 5.92. The second-order valence-corrected chi connectivity index (χ2v) is 6.70. The average Bonchev–Trinajstić information content (AvgIpc) is 3.35. The normalized spacial score (nSPS) is 21.0. The fraction of sp³-hybridized carbons (Fsp3) is 0.667. The van der Waals surface area contributed by atoms with Crippen molar-refractivity contribution in [2.45, 2.75) is 44.3 Å². The first-order valence-corrected chi connectivity index (χ1v) is 8.51. The minimum absolute atomic E-state index is 0.727. The van der Waals surface area contributed by atoms with Crippen molar-refractivity contribution in [2.75, 3.05) is 33.2 Å². The van der Waals surface area contributed by atoms with Gasteiger partial charge in [-0.2, -0.15) is 0 Å². The number of rotatable bonds is 7. The highest BCUT2D eigenvalue weighted by Crippen LogP contribution is 2.24. The van der Waals surface area contributed by atoms with Crippen LogP contribution in [0.4, 0.5) is 0 Å². The fourth-order valence-corrected chi connectivity index (χ4v) is 3.28. The van der Waals surface area contributed by atoms with E-state index >= 15 is 0 Å². The monoisotopic (exact) mass is 287 g/mol. The van der Waals surface area contributed by atoms with Gasteiger partial charge in [0.15, 0.2) is 0 Å². The van der Waals surface area contributed by atoms with Crippen molar-refractivity contribution in [1.82, 2.24) is 15.1 Å². The molecular formula is C18H29N3. The Morgan fingerprint density at radius 1 is 1.10 bits per heavy atom.